The number of carbonyl (C=O) groups excluding carboxylic acids is 2. The molecule has 172 valence electrons. The van der Waals surface area contributed by atoms with Crippen molar-refractivity contribution in [3.63, 3.8) is 0 Å². The molecule has 0 aromatic rings. The van der Waals surface area contributed by atoms with Crippen LogP contribution in [0.1, 0.15) is 47.0 Å². The molecule has 2 bridgehead atoms. The van der Waals surface area contributed by atoms with Crippen molar-refractivity contribution in [1.82, 2.24) is 0 Å². The Hall–Kier alpha value is -1.52. The number of hydrogen-bond acceptors (Lipinski definition) is 5. The van der Waals surface area contributed by atoms with Crippen LogP contribution in [0.4, 0.5) is 26.3 Å². The van der Waals surface area contributed by atoms with E-state index in [-0.39, 0.29) is 24.4 Å². The lowest BCUT2D eigenvalue weighted by molar-refractivity contribution is -0.315. The van der Waals surface area contributed by atoms with Crippen molar-refractivity contribution < 1.29 is 50.1 Å². The summed E-state index contributed by atoms with van der Waals surface area (Å²) in [6, 6.07) is 0. The van der Waals surface area contributed by atoms with Crippen molar-refractivity contribution in [2.45, 2.75) is 83.7 Å². The molecule has 0 radical (unpaired) electrons. The SMILES string of the molecule is CCC(C)(C)C(C)OC1C2CC3C1OC(=O)C3(C(=O)OC(C(F)(F)F)C(F)(F)F)C2. The fourth-order valence-electron chi connectivity index (χ4n) is 4.70. The lowest BCUT2D eigenvalue weighted by Gasteiger charge is -2.37. The summed E-state index contributed by atoms with van der Waals surface area (Å²) in [6.45, 7) is 7.81. The van der Waals surface area contributed by atoms with E-state index in [0.29, 0.717) is 0 Å². The van der Waals surface area contributed by atoms with E-state index in [1.807, 2.05) is 27.7 Å². The maximum atomic E-state index is 12.8. The van der Waals surface area contributed by atoms with Crippen molar-refractivity contribution in [2.75, 3.05) is 0 Å². The predicted molar refractivity (Wildman–Crippen MR) is 88.9 cm³/mol. The minimum absolute atomic E-state index is 0.201. The van der Waals surface area contributed by atoms with Crippen molar-refractivity contribution in [2.24, 2.45) is 22.7 Å². The average molecular weight is 446 g/mol. The molecule has 0 spiro atoms. The van der Waals surface area contributed by atoms with Crippen LogP contribution >= 0.6 is 0 Å². The van der Waals surface area contributed by atoms with Crippen LogP contribution in [-0.2, 0) is 23.8 Å². The lowest BCUT2D eigenvalue weighted by atomic mass is 9.73. The van der Waals surface area contributed by atoms with Gasteiger partial charge in [-0.3, -0.25) is 9.59 Å². The molecule has 0 amide bonds. The molecular weight excluding hydrogens is 422 g/mol. The summed E-state index contributed by atoms with van der Waals surface area (Å²) in [7, 11) is 0. The highest BCUT2D eigenvalue weighted by Gasteiger charge is 2.76. The lowest BCUT2D eigenvalue weighted by Crippen LogP contribution is -2.51. The van der Waals surface area contributed by atoms with E-state index in [9.17, 15) is 35.9 Å². The van der Waals surface area contributed by atoms with Gasteiger partial charge in [0.25, 0.3) is 6.10 Å². The van der Waals surface area contributed by atoms with Gasteiger partial charge in [0.1, 0.15) is 6.10 Å². The van der Waals surface area contributed by atoms with Gasteiger partial charge in [-0.25, -0.2) is 0 Å². The summed E-state index contributed by atoms with van der Waals surface area (Å²) in [5.74, 6) is -4.24. The summed E-state index contributed by atoms with van der Waals surface area (Å²) < 4.78 is 92.0. The highest BCUT2D eigenvalue weighted by Crippen LogP contribution is 2.63. The average Bonchev–Trinajstić information content (AvgIpc) is 3.19. The molecule has 6 unspecified atom stereocenters. The van der Waals surface area contributed by atoms with E-state index < -0.39 is 59.9 Å². The standard InChI is InChI=1S/C19H24F6O5/c1-5-16(3,4)8(2)28-11-9-6-10-12(11)29-14(26)17(10,7-9)15(27)30-13(18(20,21)22)19(23,24)25/h8-13H,5-7H2,1-4H3. The minimum Gasteiger partial charge on any atom is -0.458 e. The van der Waals surface area contributed by atoms with Gasteiger partial charge in [-0.05, 0) is 37.5 Å². The Bertz CT molecular complexity index is 703. The number of ether oxygens (including phenoxy) is 3. The molecule has 0 aromatic heterocycles. The summed E-state index contributed by atoms with van der Waals surface area (Å²) >= 11 is 0. The van der Waals surface area contributed by atoms with Crippen LogP contribution in [0.3, 0.4) is 0 Å². The number of carbonyl (C=O) groups is 2. The zero-order valence-electron chi connectivity index (χ0n) is 16.9. The van der Waals surface area contributed by atoms with E-state index in [1.54, 1.807) is 0 Å². The Morgan fingerprint density at radius 2 is 1.77 bits per heavy atom. The van der Waals surface area contributed by atoms with Crippen molar-refractivity contribution >= 4 is 11.9 Å². The van der Waals surface area contributed by atoms with Crippen molar-refractivity contribution in [3.05, 3.63) is 0 Å². The van der Waals surface area contributed by atoms with E-state index in [2.05, 4.69) is 4.74 Å². The molecule has 1 aliphatic heterocycles. The molecule has 1 heterocycles. The third-order valence-corrected chi connectivity index (χ3v) is 7.12. The number of fused-ring (bicyclic) bond motifs is 1. The maximum absolute atomic E-state index is 12.8. The molecule has 30 heavy (non-hydrogen) atoms. The van der Waals surface area contributed by atoms with Crippen LogP contribution < -0.4 is 0 Å². The second-order valence-corrected chi connectivity index (χ2v) is 9.10. The predicted octanol–water partition coefficient (Wildman–Crippen LogP) is 4.18. The van der Waals surface area contributed by atoms with Crippen LogP contribution in [0.2, 0.25) is 0 Å². The molecule has 0 aromatic carbocycles. The van der Waals surface area contributed by atoms with E-state index >= 15 is 0 Å². The van der Waals surface area contributed by atoms with Crippen LogP contribution in [-0.4, -0.2) is 48.7 Å². The molecule has 11 heteroatoms. The highest BCUT2D eigenvalue weighted by molar-refractivity contribution is 6.03. The quantitative estimate of drug-likeness (QED) is 0.348. The third kappa shape index (κ3) is 3.46. The van der Waals surface area contributed by atoms with E-state index in [4.69, 9.17) is 9.47 Å². The van der Waals surface area contributed by atoms with Crippen LogP contribution in [0.25, 0.3) is 0 Å². The first-order valence-corrected chi connectivity index (χ1v) is 9.76. The fourth-order valence-corrected chi connectivity index (χ4v) is 4.70. The smallest absolute Gasteiger partial charge is 0.434 e. The van der Waals surface area contributed by atoms with Crippen molar-refractivity contribution in [3.8, 4) is 0 Å². The second-order valence-electron chi connectivity index (χ2n) is 9.10. The van der Waals surface area contributed by atoms with Gasteiger partial charge in [-0.2, -0.15) is 26.3 Å². The molecule has 3 fully saturated rings. The Balaban J connectivity index is 1.80. The Kier molecular flexibility index (Phi) is 5.40. The van der Waals surface area contributed by atoms with Gasteiger partial charge in [0.2, 0.25) is 0 Å². The third-order valence-electron chi connectivity index (χ3n) is 7.12. The topological polar surface area (TPSA) is 61.8 Å². The molecular formula is C19H24F6O5. The first-order chi connectivity index (χ1) is 13.6. The molecule has 3 rings (SSSR count). The maximum Gasteiger partial charge on any atom is 0.434 e. The Labute approximate surface area is 169 Å². The number of rotatable bonds is 6. The van der Waals surface area contributed by atoms with Gasteiger partial charge in [0.05, 0.1) is 12.2 Å². The normalized spacial score (nSPS) is 34.4. The molecule has 5 nitrogen and oxygen atoms in total. The van der Waals surface area contributed by atoms with Gasteiger partial charge in [-0.15, -0.1) is 0 Å². The largest absolute Gasteiger partial charge is 0.458 e. The zero-order chi connectivity index (χ0) is 22.9. The van der Waals surface area contributed by atoms with Gasteiger partial charge in [0, 0.05) is 5.92 Å². The van der Waals surface area contributed by atoms with Gasteiger partial charge < -0.3 is 14.2 Å². The molecule has 2 aliphatic carbocycles. The highest BCUT2D eigenvalue weighted by atomic mass is 19.4. The summed E-state index contributed by atoms with van der Waals surface area (Å²) in [5, 5.41) is 0. The monoisotopic (exact) mass is 446 g/mol. The second kappa shape index (κ2) is 7.00. The summed E-state index contributed by atoms with van der Waals surface area (Å²) in [5.41, 5.74) is -2.35. The molecule has 6 atom stereocenters. The zero-order valence-corrected chi connectivity index (χ0v) is 16.9. The molecule has 0 N–H and O–H groups in total. The first-order valence-electron chi connectivity index (χ1n) is 9.76. The molecule has 3 aliphatic rings. The summed E-state index contributed by atoms with van der Waals surface area (Å²) in [4.78, 5) is 25.0. The van der Waals surface area contributed by atoms with Crippen LogP contribution in [0, 0.1) is 22.7 Å². The number of halogens is 6. The molecule has 2 saturated carbocycles. The molecule has 1 saturated heterocycles. The van der Waals surface area contributed by atoms with Crippen LogP contribution in [0.15, 0.2) is 0 Å². The van der Waals surface area contributed by atoms with Crippen molar-refractivity contribution in [1.29, 1.82) is 0 Å². The number of hydrogen-bond donors (Lipinski definition) is 0. The van der Waals surface area contributed by atoms with Gasteiger partial charge in [-0.1, -0.05) is 20.8 Å². The Morgan fingerprint density at radius 3 is 2.27 bits per heavy atom. The van der Waals surface area contributed by atoms with E-state index in [1.165, 1.54) is 0 Å². The number of esters is 2. The van der Waals surface area contributed by atoms with E-state index in [0.717, 1.165) is 6.42 Å². The van der Waals surface area contributed by atoms with Gasteiger partial charge >= 0.3 is 24.3 Å². The summed E-state index contributed by atoms with van der Waals surface area (Å²) in [6.07, 6.45) is -16.9. The number of alkyl halides is 6. The van der Waals surface area contributed by atoms with Crippen LogP contribution in [0.5, 0.6) is 0 Å². The van der Waals surface area contributed by atoms with Gasteiger partial charge in [0.15, 0.2) is 5.41 Å². The first kappa shape index (κ1) is 23.1. The fraction of sp³-hybridized carbons (Fsp3) is 0.895. The minimum atomic E-state index is -5.85. The Morgan fingerprint density at radius 1 is 1.20 bits per heavy atom.